The molecule has 0 N–H and O–H groups in total. The fourth-order valence-corrected chi connectivity index (χ4v) is 2.30. The fourth-order valence-electron chi connectivity index (χ4n) is 1.55. The Balaban J connectivity index is 1.95. The Kier molecular flexibility index (Phi) is 3.19. The number of hydrogen-bond donors (Lipinski definition) is 0. The van der Waals surface area contributed by atoms with E-state index in [0.29, 0.717) is 12.2 Å². The van der Waals surface area contributed by atoms with Crippen LogP contribution >= 0.6 is 15.9 Å². The number of ketones is 1. The summed E-state index contributed by atoms with van der Waals surface area (Å²) in [6.45, 7) is 0. The Bertz CT molecular complexity index is 356. The molecule has 1 unspecified atom stereocenters. The molecular formula is C12H12BrFO. The lowest BCUT2D eigenvalue weighted by Crippen LogP contribution is -2.18. The Morgan fingerprint density at radius 1 is 1.40 bits per heavy atom. The molecule has 1 fully saturated rings. The third-order valence-corrected chi connectivity index (χ3v) is 3.39. The topological polar surface area (TPSA) is 17.1 Å². The van der Waals surface area contributed by atoms with Gasteiger partial charge in [-0.25, -0.2) is 4.39 Å². The molecule has 1 saturated carbocycles. The highest BCUT2D eigenvalue weighted by molar-refractivity contribution is 9.10. The van der Waals surface area contributed by atoms with Crippen molar-refractivity contribution >= 4 is 21.7 Å². The molecule has 0 heterocycles. The van der Waals surface area contributed by atoms with Crippen LogP contribution < -0.4 is 0 Å². The van der Waals surface area contributed by atoms with Crippen LogP contribution in [0.5, 0.6) is 0 Å². The van der Waals surface area contributed by atoms with Crippen molar-refractivity contribution < 1.29 is 9.18 Å². The summed E-state index contributed by atoms with van der Waals surface area (Å²) in [5, 5.41) is 0. The van der Waals surface area contributed by atoms with Crippen LogP contribution in [0.4, 0.5) is 4.39 Å². The molecule has 1 atom stereocenters. The number of rotatable bonds is 4. The molecule has 0 aliphatic heterocycles. The lowest BCUT2D eigenvalue weighted by Gasteiger charge is -2.07. The second-order valence-electron chi connectivity index (χ2n) is 3.97. The molecule has 15 heavy (non-hydrogen) atoms. The first-order chi connectivity index (χ1) is 7.16. The summed E-state index contributed by atoms with van der Waals surface area (Å²) < 4.78 is 12.6. The maximum absolute atomic E-state index is 12.6. The predicted molar refractivity (Wildman–Crippen MR) is 60.6 cm³/mol. The van der Waals surface area contributed by atoms with Crippen molar-refractivity contribution in [2.75, 3.05) is 0 Å². The van der Waals surface area contributed by atoms with Gasteiger partial charge >= 0.3 is 0 Å². The molecule has 2 rings (SSSR count). The van der Waals surface area contributed by atoms with E-state index in [0.717, 1.165) is 18.4 Å². The number of alkyl halides is 1. The predicted octanol–water partition coefficient (Wildman–Crippen LogP) is 3.11. The molecule has 3 heteroatoms. The average molecular weight is 271 g/mol. The first-order valence-corrected chi connectivity index (χ1v) is 6.00. The van der Waals surface area contributed by atoms with E-state index in [1.165, 1.54) is 12.1 Å². The van der Waals surface area contributed by atoms with Crippen LogP contribution in [-0.4, -0.2) is 10.6 Å². The molecule has 0 amide bonds. The molecule has 0 spiro atoms. The number of hydrogen-bond acceptors (Lipinski definition) is 1. The Labute approximate surface area is 96.8 Å². The molecule has 0 radical (unpaired) electrons. The maximum atomic E-state index is 12.6. The van der Waals surface area contributed by atoms with Crippen molar-refractivity contribution in [3.63, 3.8) is 0 Å². The Morgan fingerprint density at radius 3 is 2.53 bits per heavy atom. The highest BCUT2D eigenvalue weighted by atomic mass is 79.9. The minimum Gasteiger partial charge on any atom is -0.298 e. The van der Waals surface area contributed by atoms with Crippen molar-refractivity contribution in [1.29, 1.82) is 0 Å². The van der Waals surface area contributed by atoms with Crippen LogP contribution in [0.25, 0.3) is 0 Å². The second kappa shape index (κ2) is 4.44. The summed E-state index contributed by atoms with van der Waals surface area (Å²) in [7, 11) is 0. The third kappa shape index (κ3) is 2.88. The van der Waals surface area contributed by atoms with Crippen LogP contribution in [-0.2, 0) is 11.2 Å². The summed E-state index contributed by atoms with van der Waals surface area (Å²) in [4.78, 5) is 11.5. The number of halogens is 2. The smallest absolute Gasteiger partial charge is 0.149 e. The lowest BCUT2D eigenvalue weighted by atomic mass is 10.1. The molecule has 1 aromatic rings. The average Bonchev–Trinajstić information content (AvgIpc) is 3.04. The summed E-state index contributed by atoms with van der Waals surface area (Å²) in [6.07, 6.45) is 2.71. The molecule has 1 aliphatic carbocycles. The van der Waals surface area contributed by atoms with Crippen molar-refractivity contribution in [3.8, 4) is 0 Å². The van der Waals surface area contributed by atoms with E-state index in [9.17, 15) is 9.18 Å². The normalized spacial score (nSPS) is 17.5. The van der Waals surface area contributed by atoms with Gasteiger partial charge < -0.3 is 0 Å². The van der Waals surface area contributed by atoms with Crippen LogP contribution in [0.3, 0.4) is 0 Å². The van der Waals surface area contributed by atoms with Crippen molar-refractivity contribution in [3.05, 3.63) is 35.6 Å². The van der Waals surface area contributed by atoms with Gasteiger partial charge in [-0.05, 0) is 37.0 Å². The van der Waals surface area contributed by atoms with E-state index in [4.69, 9.17) is 0 Å². The SMILES string of the molecule is O=C(C(Br)Cc1ccc(F)cc1)C1CC1. The Hall–Kier alpha value is -0.700. The van der Waals surface area contributed by atoms with Gasteiger partial charge in [-0.15, -0.1) is 0 Å². The summed E-state index contributed by atoms with van der Waals surface area (Å²) >= 11 is 3.40. The van der Waals surface area contributed by atoms with Gasteiger partial charge in [0.15, 0.2) is 0 Å². The van der Waals surface area contributed by atoms with Crippen LogP contribution in [0.15, 0.2) is 24.3 Å². The van der Waals surface area contributed by atoms with Crippen molar-refractivity contribution in [2.45, 2.75) is 24.1 Å². The van der Waals surface area contributed by atoms with Gasteiger partial charge in [0.25, 0.3) is 0 Å². The van der Waals surface area contributed by atoms with E-state index < -0.39 is 0 Å². The summed E-state index contributed by atoms with van der Waals surface area (Å²) in [5.74, 6) is 0.326. The van der Waals surface area contributed by atoms with Gasteiger partial charge in [-0.1, -0.05) is 28.1 Å². The number of benzene rings is 1. The number of carbonyl (C=O) groups is 1. The van der Waals surface area contributed by atoms with Crippen LogP contribution in [0.2, 0.25) is 0 Å². The van der Waals surface area contributed by atoms with Gasteiger partial charge in [0, 0.05) is 5.92 Å². The minimum absolute atomic E-state index is 0.115. The highest BCUT2D eigenvalue weighted by Gasteiger charge is 2.33. The minimum atomic E-state index is -0.238. The van der Waals surface area contributed by atoms with E-state index >= 15 is 0 Å². The van der Waals surface area contributed by atoms with E-state index in [2.05, 4.69) is 15.9 Å². The zero-order valence-electron chi connectivity index (χ0n) is 8.25. The van der Waals surface area contributed by atoms with E-state index in [1.807, 2.05) is 0 Å². The fraction of sp³-hybridized carbons (Fsp3) is 0.417. The number of carbonyl (C=O) groups excluding carboxylic acids is 1. The van der Waals surface area contributed by atoms with E-state index in [-0.39, 0.29) is 16.6 Å². The van der Waals surface area contributed by atoms with Gasteiger partial charge in [0.05, 0.1) is 4.83 Å². The quantitative estimate of drug-likeness (QED) is 0.769. The first kappa shape index (κ1) is 10.8. The number of Topliss-reactive ketones (excluding diaryl/α,β-unsaturated/α-hetero) is 1. The van der Waals surface area contributed by atoms with Crippen LogP contribution in [0, 0.1) is 11.7 Å². The molecule has 1 aliphatic rings. The maximum Gasteiger partial charge on any atom is 0.149 e. The third-order valence-electron chi connectivity index (χ3n) is 2.62. The molecule has 1 aromatic carbocycles. The first-order valence-electron chi connectivity index (χ1n) is 5.09. The van der Waals surface area contributed by atoms with Crippen molar-refractivity contribution in [2.24, 2.45) is 5.92 Å². The van der Waals surface area contributed by atoms with Gasteiger partial charge in [0.1, 0.15) is 11.6 Å². The van der Waals surface area contributed by atoms with Crippen molar-refractivity contribution in [1.82, 2.24) is 0 Å². The summed E-state index contributed by atoms with van der Waals surface area (Å²) in [5.41, 5.74) is 0.993. The molecular weight excluding hydrogens is 259 g/mol. The molecule has 0 aromatic heterocycles. The van der Waals surface area contributed by atoms with Gasteiger partial charge in [-0.3, -0.25) is 4.79 Å². The lowest BCUT2D eigenvalue weighted by molar-refractivity contribution is -0.119. The molecule has 0 saturated heterocycles. The van der Waals surface area contributed by atoms with Crippen LogP contribution in [0.1, 0.15) is 18.4 Å². The van der Waals surface area contributed by atoms with Gasteiger partial charge in [0.2, 0.25) is 0 Å². The zero-order valence-corrected chi connectivity index (χ0v) is 9.84. The summed E-state index contributed by atoms with van der Waals surface area (Å²) in [6, 6.07) is 6.31. The molecule has 0 bridgehead atoms. The van der Waals surface area contributed by atoms with Gasteiger partial charge in [-0.2, -0.15) is 0 Å². The Morgan fingerprint density at radius 2 is 2.00 bits per heavy atom. The van der Waals surface area contributed by atoms with E-state index in [1.54, 1.807) is 12.1 Å². The second-order valence-corrected chi connectivity index (χ2v) is 5.08. The standard InChI is InChI=1S/C12H12BrFO/c13-11(12(15)9-3-4-9)7-8-1-5-10(14)6-2-8/h1-2,5-6,9,11H,3-4,7H2. The monoisotopic (exact) mass is 270 g/mol. The molecule has 80 valence electrons. The molecule has 1 nitrogen and oxygen atoms in total. The highest BCUT2D eigenvalue weighted by Crippen LogP contribution is 2.33. The largest absolute Gasteiger partial charge is 0.298 e. The zero-order chi connectivity index (χ0) is 10.8.